The molecule has 2 nitrogen and oxygen atoms in total. The Morgan fingerprint density at radius 1 is 1.17 bits per heavy atom. The monoisotopic (exact) mass is 247 g/mol. The van der Waals surface area contributed by atoms with E-state index in [1.54, 1.807) is 0 Å². The van der Waals surface area contributed by atoms with Crippen molar-refractivity contribution in [1.29, 1.82) is 0 Å². The van der Waals surface area contributed by atoms with E-state index < -0.39 is 0 Å². The highest BCUT2D eigenvalue weighted by Crippen LogP contribution is 2.24. The lowest BCUT2D eigenvalue weighted by molar-refractivity contribution is 0.337. The molecule has 0 amide bonds. The van der Waals surface area contributed by atoms with Crippen LogP contribution in [0.1, 0.15) is 49.3 Å². The van der Waals surface area contributed by atoms with Crippen molar-refractivity contribution in [1.82, 2.24) is 5.32 Å². The first-order valence-electron chi connectivity index (χ1n) is 7.17. The first-order chi connectivity index (χ1) is 8.70. The zero-order chi connectivity index (χ0) is 13.0. The average Bonchev–Trinajstić information content (AvgIpc) is 2.85. The molecule has 2 heteroatoms. The average molecular weight is 247 g/mol. The van der Waals surface area contributed by atoms with Crippen molar-refractivity contribution in [3.63, 3.8) is 0 Å². The maximum Gasteiger partial charge on any atom is 0.122 e. The van der Waals surface area contributed by atoms with E-state index in [9.17, 15) is 0 Å². The van der Waals surface area contributed by atoms with Crippen LogP contribution in [0.3, 0.4) is 0 Å². The molecule has 0 aromatic heterocycles. The van der Waals surface area contributed by atoms with Crippen LogP contribution in [0.2, 0.25) is 0 Å². The van der Waals surface area contributed by atoms with E-state index in [-0.39, 0.29) is 0 Å². The molecule has 1 aliphatic rings. The number of rotatable bonds is 5. The van der Waals surface area contributed by atoms with Gasteiger partial charge in [0.15, 0.2) is 0 Å². The molecular weight excluding hydrogens is 222 g/mol. The Balaban J connectivity index is 2.01. The van der Waals surface area contributed by atoms with Crippen molar-refractivity contribution >= 4 is 0 Å². The quantitative estimate of drug-likeness (QED) is 0.856. The molecule has 0 saturated heterocycles. The molecule has 0 atom stereocenters. The van der Waals surface area contributed by atoms with E-state index in [2.05, 4.69) is 31.3 Å². The van der Waals surface area contributed by atoms with Gasteiger partial charge >= 0.3 is 0 Å². The summed E-state index contributed by atoms with van der Waals surface area (Å²) in [6.45, 7) is 8.06. The Kier molecular flexibility index (Phi) is 4.65. The second kappa shape index (κ2) is 6.24. The maximum absolute atomic E-state index is 5.63. The smallest absolute Gasteiger partial charge is 0.122 e. The largest absolute Gasteiger partial charge is 0.494 e. The normalized spacial score (nSPS) is 16.2. The van der Waals surface area contributed by atoms with E-state index in [4.69, 9.17) is 4.74 Å². The third kappa shape index (κ3) is 3.26. The van der Waals surface area contributed by atoms with Crippen molar-refractivity contribution in [2.45, 2.75) is 59.0 Å². The molecule has 1 aliphatic carbocycles. The Morgan fingerprint density at radius 2 is 1.89 bits per heavy atom. The third-order valence-corrected chi connectivity index (χ3v) is 3.87. The van der Waals surface area contributed by atoms with Crippen LogP contribution in [-0.4, -0.2) is 12.6 Å². The summed E-state index contributed by atoms with van der Waals surface area (Å²) < 4.78 is 5.63. The highest BCUT2D eigenvalue weighted by atomic mass is 16.5. The number of hydrogen-bond acceptors (Lipinski definition) is 2. The molecule has 18 heavy (non-hydrogen) atoms. The van der Waals surface area contributed by atoms with Crippen LogP contribution < -0.4 is 10.1 Å². The van der Waals surface area contributed by atoms with E-state index in [1.165, 1.54) is 42.4 Å². The van der Waals surface area contributed by atoms with Crippen LogP contribution in [0, 0.1) is 13.8 Å². The molecule has 1 aromatic carbocycles. The topological polar surface area (TPSA) is 21.3 Å². The van der Waals surface area contributed by atoms with Crippen LogP contribution in [0.5, 0.6) is 5.75 Å². The van der Waals surface area contributed by atoms with Gasteiger partial charge in [0, 0.05) is 12.6 Å². The minimum atomic E-state index is 0.733. The lowest BCUT2D eigenvalue weighted by Gasteiger charge is -2.16. The Bertz CT molecular complexity index is 394. The van der Waals surface area contributed by atoms with Gasteiger partial charge in [0.25, 0.3) is 0 Å². The van der Waals surface area contributed by atoms with Gasteiger partial charge in [-0.15, -0.1) is 0 Å². The predicted octanol–water partition coefficient (Wildman–Crippen LogP) is 3.73. The van der Waals surface area contributed by atoms with Crippen LogP contribution >= 0.6 is 0 Å². The number of benzene rings is 1. The second-order valence-electron chi connectivity index (χ2n) is 5.34. The number of ether oxygens (including phenoxy) is 1. The first-order valence-corrected chi connectivity index (χ1v) is 7.17. The van der Waals surface area contributed by atoms with Gasteiger partial charge in [-0.05, 0) is 56.4 Å². The van der Waals surface area contributed by atoms with Crippen LogP contribution in [0.15, 0.2) is 12.1 Å². The summed E-state index contributed by atoms with van der Waals surface area (Å²) in [5, 5.41) is 3.68. The standard InChI is InChI=1S/C16H25NO/c1-4-18-16-10-12(2)14(9-13(16)3)11-17-15-7-5-6-8-15/h9-10,15,17H,4-8,11H2,1-3H3. The number of hydrogen-bond donors (Lipinski definition) is 1. The van der Waals surface area contributed by atoms with E-state index in [1.807, 2.05) is 6.92 Å². The fourth-order valence-electron chi connectivity index (χ4n) is 2.74. The molecular formula is C16H25NO. The summed E-state index contributed by atoms with van der Waals surface area (Å²) in [7, 11) is 0. The lowest BCUT2D eigenvalue weighted by Crippen LogP contribution is -2.25. The van der Waals surface area contributed by atoms with Crippen molar-refractivity contribution in [3.05, 3.63) is 28.8 Å². The van der Waals surface area contributed by atoms with Gasteiger partial charge in [-0.2, -0.15) is 0 Å². The Hall–Kier alpha value is -1.02. The summed E-state index contributed by atoms with van der Waals surface area (Å²) in [6, 6.07) is 5.17. The molecule has 0 spiro atoms. The molecule has 0 aliphatic heterocycles. The SMILES string of the molecule is CCOc1cc(C)c(CNC2CCCC2)cc1C. The predicted molar refractivity (Wildman–Crippen MR) is 76.2 cm³/mol. The molecule has 0 heterocycles. The fraction of sp³-hybridized carbons (Fsp3) is 0.625. The highest BCUT2D eigenvalue weighted by Gasteiger charge is 2.14. The molecule has 0 bridgehead atoms. The van der Waals surface area contributed by atoms with Gasteiger partial charge in [0.2, 0.25) is 0 Å². The molecule has 0 radical (unpaired) electrons. The van der Waals surface area contributed by atoms with E-state index in [0.29, 0.717) is 0 Å². The minimum absolute atomic E-state index is 0.733. The van der Waals surface area contributed by atoms with E-state index >= 15 is 0 Å². The maximum atomic E-state index is 5.63. The summed E-state index contributed by atoms with van der Waals surface area (Å²) >= 11 is 0. The third-order valence-electron chi connectivity index (χ3n) is 3.87. The van der Waals surface area contributed by atoms with Crippen LogP contribution in [0.4, 0.5) is 0 Å². The highest BCUT2D eigenvalue weighted by molar-refractivity contribution is 5.41. The molecule has 1 aromatic rings. The Labute approximate surface area is 111 Å². The van der Waals surface area contributed by atoms with Gasteiger partial charge in [0.1, 0.15) is 5.75 Å². The summed E-state index contributed by atoms with van der Waals surface area (Å²) in [5.41, 5.74) is 3.98. The van der Waals surface area contributed by atoms with Gasteiger partial charge in [-0.25, -0.2) is 0 Å². The molecule has 1 saturated carbocycles. The molecule has 100 valence electrons. The number of nitrogens with one attached hydrogen (secondary N) is 1. The van der Waals surface area contributed by atoms with Crippen molar-refractivity contribution < 1.29 is 4.74 Å². The van der Waals surface area contributed by atoms with Crippen LogP contribution in [-0.2, 0) is 6.54 Å². The molecule has 2 rings (SSSR count). The minimum Gasteiger partial charge on any atom is -0.494 e. The molecule has 1 N–H and O–H groups in total. The van der Waals surface area contributed by atoms with Crippen molar-refractivity contribution in [2.24, 2.45) is 0 Å². The molecule has 1 fully saturated rings. The van der Waals surface area contributed by atoms with Gasteiger partial charge in [-0.1, -0.05) is 18.9 Å². The zero-order valence-electron chi connectivity index (χ0n) is 11.9. The molecule has 0 unspecified atom stereocenters. The summed E-state index contributed by atoms with van der Waals surface area (Å²) in [6.07, 6.45) is 5.46. The zero-order valence-corrected chi connectivity index (χ0v) is 11.9. The number of aryl methyl sites for hydroxylation is 2. The second-order valence-corrected chi connectivity index (χ2v) is 5.34. The summed E-state index contributed by atoms with van der Waals surface area (Å²) in [4.78, 5) is 0. The fourth-order valence-corrected chi connectivity index (χ4v) is 2.74. The van der Waals surface area contributed by atoms with Gasteiger partial charge in [-0.3, -0.25) is 0 Å². The van der Waals surface area contributed by atoms with Gasteiger partial charge < -0.3 is 10.1 Å². The first kappa shape index (κ1) is 13.4. The Morgan fingerprint density at radius 3 is 2.56 bits per heavy atom. The van der Waals surface area contributed by atoms with Crippen molar-refractivity contribution in [3.8, 4) is 5.75 Å². The van der Waals surface area contributed by atoms with E-state index in [0.717, 1.165) is 24.9 Å². The van der Waals surface area contributed by atoms with Crippen molar-refractivity contribution in [2.75, 3.05) is 6.61 Å². The van der Waals surface area contributed by atoms with Crippen LogP contribution in [0.25, 0.3) is 0 Å². The van der Waals surface area contributed by atoms with Gasteiger partial charge in [0.05, 0.1) is 6.61 Å². The summed E-state index contributed by atoms with van der Waals surface area (Å²) in [5.74, 6) is 1.03. The lowest BCUT2D eigenvalue weighted by atomic mass is 10.0.